The van der Waals surface area contributed by atoms with E-state index in [2.05, 4.69) is 15.6 Å². The van der Waals surface area contributed by atoms with Crippen molar-refractivity contribution in [3.8, 4) is 0 Å². The van der Waals surface area contributed by atoms with Crippen LogP contribution in [0.3, 0.4) is 0 Å². The number of carbonyl (C=O) groups excluding carboxylic acids is 3. The molecule has 2 amide bonds. The Bertz CT molecular complexity index is 1530. The van der Waals surface area contributed by atoms with Crippen LogP contribution in [0.1, 0.15) is 50.5 Å². The smallest absolute Gasteiger partial charge is 0.323 e. The molecule has 4 rings (SSSR count). The van der Waals surface area contributed by atoms with Crippen LogP contribution in [0.5, 0.6) is 0 Å². The molecule has 3 aromatic rings. The van der Waals surface area contributed by atoms with Crippen molar-refractivity contribution < 1.29 is 27.5 Å². The van der Waals surface area contributed by atoms with Crippen molar-refractivity contribution in [3.05, 3.63) is 71.7 Å². The van der Waals surface area contributed by atoms with Crippen LogP contribution in [0.25, 0.3) is 10.9 Å². The third-order valence-corrected chi connectivity index (χ3v) is 8.85. The zero-order chi connectivity index (χ0) is 29.0. The molecule has 1 fully saturated rings. The molecular formula is C28H33N5O6S. The standard InChI is InChI=1S/C28H33N5O6S/c1-18(2)16-24(31-27(35)23-14-12-20-8-4-5-9-21(20)29-23)28(36)30-22-13-11-19(3)33(17-25(22)34)40(38,39)26-10-6-7-15-32(26)37/h4-10,12,14-15,18-19,22,24H,11,13,16-17H2,1-3H3,(H,30,36)(H,31,35)/t19-,22+,24+/m1/s1. The fraction of sp³-hybridized carbons (Fsp3) is 0.393. The van der Waals surface area contributed by atoms with E-state index in [4.69, 9.17) is 0 Å². The molecule has 3 atom stereocenters. The summed E-state index contributed by atoms with van der Waals surface area (Å²) in [6.07, 6.45) is 1.89. The minimum absolute atomic E-state index is 0.0516. The fourth-order valence-corrected chi connectivity index (χ4v) is 6.39. The number of ketones is 1. The van der Waals surface area contributed by atoms with Crippen molar-refractivity contribution in [2.75, 3.05) is 6.54 Å². The highest BCUT2D eigenvalue weighted by Gasteiger charge is 2.40. The van der Waals surface area contributed by atoms with Gasteiger partial charge in [0.1, 0.15) is 11.7 Å². The van der Waals surface area contributed by atoms with E-state index in [0.717, 1.165) is 15.9 Å². The largest absolute Gasteiger partial charge is 0.618 e. The second kappa shape index (κ2) is 12.1. The quantitative estimate of drug-likeness (QED) is 0.312. The minimum Gasteiger partial charge on any atom is -0.618 e. The number of benzene rings is 1. The lowest BCUT2D eigenvalue weighted by molar-refractivity contribution is -0.646. The van der Waals surface area contributed by atoms with Crippen molar-refractivity contribution in [1.29, 1.82) is 0 Å². The van der Waals surface area contributed by atoms with Gasteiger partial charge in [0.25, 0.3) is 5.91 Å². The van der Waals surface area contributed by atoms with Gasteiger partial charge in [-0.05, 0) is 50.3 Å². The Kier molecular flexibility index (Phi) is 8.79. The van der Waals surface area contributed by atoms with E-state index >= 15 is 0 Å². The fourth-order valence-electron chi connectivity index (χ4n) is 4.74. The SMILES string of the molecule is CC(C)C[C@H](NC(=O)c1ccc2ccccc2n1)C(=O)N[C@H]1CC[C@@H](C)N(S(=O)(=O)c2cccc[n+]2[O-])CC1=O. The van der Waals surface area contributed by atoms with E-state index in [1.807, 2.05) is 32.0 Å². The molecule has 11 nitrogen and oxygen atoms in total. The van der Waals surface area contributed by atoms with Crippen LogP contribution in [-0.4, -0.2) is 60.0 Å². The monoisotopic (exact) mass is 567 g/mol. The van der Waals surface area contributed by atoms with Gasteiger partial charge in [0, 0.05) is 23.6 Å². The van der Waals surface area contributed by atoms with Gasteiger partial charge >= 0.3 is 15.0 Å². The Morgan fingerprint density at radius 3 is 2.55 bits per heavy atom. The first kappa shape index (κ1) is 29.1. The van der Waals surface area contributed by atoms with Gasteiger partial charge in [-0.3, -0.25) is 14.4 Å². The molecule has 0 bridgehead atoms. The molecule has 1 aromatic carbocycles. The second-order valence-electron chi connectivity index (χ2n) is 10.4. The normalized spacial score (nSPS) is 19.2. The first-order valence-corrected chi connectivity index (χ1v) is 14.6. The summed E-state index contributed by atoms with van der Waals surface area (Å²) in [6.45, 7) is 4.98. The number of hydrogen-bond donors (Lipinski definition) is 2. The summed E-state index contributed by atoms with van der Waals surface area (Å²) in [5, 5.41) is 18.0. The molecule has 0 saturated carbocycles. The first-order valence-electron chi connectivity index (χ1n) is 13.2. The molecule has 212 valence electrons. The van der Waals surface area contributed by atoms with Gasteiger partial charge in [-0.2, -0.15) is 9.04 Å². The van der Waals surface area contributed by atoms with E-state index in [-0.39, 0.29) is 29.2 Å². The molecule has 0 radical (unpaired) electrons. The molecule has 1 aliphatic heterocycles. The number of pyridine rings is 2. The number of carbonyl (C=O) groups is 3. The molecule has 0 aliphatic carbocycles. The molecule has 40 heavy (non-hydrogen) atoms. The number of nitrogens with zero attached hydrogens (tertiary/aromatic N) is 3. The van der Waals surface area contributed by atoms with Crippen LogP contribution in [-0.2, 0) is 19.6 Å². The van der Waals surface area contributed by atoms with Crippen molar-refractivity contribution >= 4 is 38.5 Å². The highest BCUT2D eigenvalue weighted by molar-refractivity contribution is 7.89. The van der Waals surface area contributed by atoms with Gasteiger partial charge in [0.05, 0.1) is 18.1 Å². The summed E-state index contributed by atoms with van der Waals surface area (Å²) in [7, 11) is -4.26. The predicted molar refractivity (Wildman–Crippen MR) is 147 cm³/mol. The van der Waals surface area contributed by atoms with Crippen molar-refractivity contribution in [2.45, 2.75) is 63.2 Å². The molecule has 0 spiro atoms. The van der Waals surface area contributed by atoms with Gasteiger partial charge in [-0.25, -0.2) is 13.4 Å². The number of nitrogens with one attached hydrogen (secondary N) is 2. The maximum Gasteiger partial charge on any atom is 0.323 e. The number of sulfonamides is 1. The molecule has 1 saturated heterocycles. The lowest BCUT2D eigenvalue weighted by atomic mass is 10.0. The molecule has 0 unspecified atom stereocenters. The number of amides is 2. The molecule has 1 aliphatic rings. The summed E-state index contributed by atoms with van der Waals surface area (Å²) in [4.78, 5) is 43.9. The van der Waals surface area contributed by atoms with Crippen LogP contribution in [0.2, 0.25) is 0 Å². The third-order valence-electron chi connectivity index (χ3n) is 6.90. The zero-order valence-electron chi connectivity index (χ0n) is 22.6. The Hall–Kier alpha value is -3.90. The molecule has 2 aromatic heterocycles. The van der Waals surface area contributed by atoms with E-state index in [0.29, 0.717) is 11.9 Å². The number of Topliss-reactive ketones (excluding diaryl/α,β-unsaturated/α-hetero) is 1. The van der Waals surface area contributed by atoms with E-state index in [1.54, 1.807) is 25.1 Å². The summed E-state index contributed by atoms with van der Waals surface area (Å²) in [5.74, 6) is -1.50. The molecular weight excluding hydrogens is 534 g/mol. The second-order valence-corrected chi connectivity index (χ2v) is 12.3. The minimum atomic E-state index is -4.26. The summed E-state index contributed by atoms with van der Waals surface area (Å²) < 4.78 is 27.7. The van der Waals surface area contributed by atoms with Gasteiger partial charge < -0.3 is 15.8 Å². The summed E-state index contributed by atoms with van der Waals surface area (Å²) in [5.41, 5.74) is 0.813. The Morgan fingerprint density at radius 1 is 1.10 bits per heavy atom. The zero-order valence-corrected chi connectivity index (χ0v) is 23.4. The highest BCUT2D eigenvalue weighted by Crippen LogP contribution is 2.22. The highest BCUT2D eigenvalue weighted by atomic mass is 32.2. The maximum absolute atomic E-state index is 13.3. The molecule has 3 heterocycles. The topological polar surface area (TPSA) is 152 Å². The van der Waals surface area contributed by atoms with Gasteiger partial charge in [-0.15, -0.1) is 0 Å². The summed E-state index contributed by atoms with van der Waals surface area (Å²) in [6, 6.07) is 12.3. The number of aromatic nitrogens is 2. The molecule has 2 N–H and O–H groups in total. The number of rotatable bonds is 8. The van der Waals surface area contributed by atoms with Gasteiger partial charge in [-0.1, -0.05) is 38.1 Å². The lowest BCUT2D eigenvalue weighted by Crippen LogP contribution is -2.53. The van der Waals surface area contributed by atoms with Gasteiger partial charge in [0.15, 0.2) is 12.0 Å². The Balaban J connectivity index is 1.48. The summed E-state index contributed by atoms with van der Waals surface area (Å²) >= 11 is 0. The molecule has 12 heteroatoms. The van der Waals surface area contributed by atoms with Crippen LogP contribution >= 0.6 is 0 Å². The lowest BCUT2D eigenvalue weighted by Gasteiger charge is -2.24. The van der Waals surface area contributed by atoms with E-state index in [9.17, 15) is 28.0 Å². The van der Waals surface area contributed by atoms with Crippen molar-refractivity contribution in [3.63, 3.8) is 0 Å². The predicted octanol–water partition coefficient (Wildman–Crippen LogP) is 1.94. The maximum atomic E-state index is 13.3. The number of hydrogen-bond acceptors (Lipinski definition) is 7. The van der Waals surface area contributed by atoms with Crippen molar-refractivity contribution in [1.82, 2.24) is 19.9 Å². The van der Waals surface area contributed by atoms with Gasteiger partial charge in [0.2, 0.25) is 5.91 Å². The van der Waals surface area contributed by atoms with Crippen LogP contribution in [0, 0.1) is 11.1 Å². The van der Waals surface area contributed by atoms with E-state index < -0.39 is 57.3 Å². The first-order chi connectivity index (χ1) is 19.0. The number of fused-ring (bicyclic) bond motifs is 1. The Labute approximate surface area is 233 Å². The number of para-hydroxylation sites is 1. The van der Waals surface area contributed by atoms with Crippen LogP contribution in [0.4, 0.5) is 0 Å². The van der Waals surface area contributed by atoms with Crippen LogP contribution in [0.15, 0.2) is 65.8 Å². The Morgan fingerprint density at radius 2 is 1.82 bits per heavy atom. The van der Waals surface area contributed by atoms with Crippen molar-refractivity contribution in [2.24, 2.45) is 5.92 Å². The van der Waals surface area contributed by atoms with E-state index in [1.165, 1.54) is 18.2 Å². The third kappa shape index (κ3) is 6.45. The van der Waals surface area contributed by atoms with Crippen LogP contribution < -0.4 is 15.4 Å². The average Bonchev–Trinajstić information content (AvgIpc) is 3.06. The average molecular weight is 568 g/mol.